The molecule has 9 nitrogen and oxygen atoms in total. The van der Waals surface area contributed by atoms with E-state index in [2.05, 4.69) is 25.9 Å². The third kappa shape index (κ3) is 3.31. The summed E-state index contributed by atoms with van der Waals surface area (Å²) in [6.45, 7) is 0.0147. The molecule has 1 rings (SSSR count). The van der Waals surface area contributed by atoms with Gasteiger partial charge in [-0.2, -0.15) is 5.21 Å². The second-order valence-electron chi connectivity index (χ2n) is 2.63. The Labute approximate surface area is 83.5 Å². The number of aromatic amines is 1. The smallest absolute Gasteiger partial charge is 0.332 e. The molecule has 1 aromatic rings. The van der Waals surface area contributed by atoms with Crippen molar-refractivity contribution in [1.82, 2.24) is 25.9 Å². The van der Waals surface area contributed by atoms with Crippen molar-refractivity contribution in [3.8, 4) is 0 Å². The van der Waals surface area contributed by atoms with Crippen LogP contribution in [0.4, 0.5) is 0 Å². The van der Waals surface area contributed by atoms with Gasteiger partial charge in [-0.15, -0.1) is 10.2 Å². The van der Waals surface area contributed by atoms with Gasteiger partial charge in [0, 0.05) is 13.0 Å². The fourth-order valence-electron chi connectivity index (χ4n) is 0.783. The summed E-state index contributed by atoms with van der Waals surface area (Å²) in [6.07, 6.45) is -1.57. The molecule has 0 fully saturated rings. The highest BCUT2D eigenvalue weighted by Crippen LogP contribution is 1.90. The van der Waals surface area contributed by atoms with Gasteiger partial charge in [-0.25, -0.2) is 4.79 Å². The summed E-state index contributed by atoms with van der Waals surface area (Å²) in [5.74, 6) is -2.05. The van der Waals surface area contributed by atoms with Crippen molar-refractivity contribution >= 4 is 11.9 Å². The molecule has 0 saturated heterocycles. The molecular formula is C6H9N5O4. The first-order valence-electron chi connectivity index (χ1n) is 4.03. The quantitative estimate of drug-likeness (QED) is 0.435. The van der Waals surface area contributed by atoms with Gasteiger partial charge in [0.25, 0.3) is 11.7 Å². The van der Waals surface area contributed by atoms with Crippen LogP contribution in [0.2, 0.25) is 0 Å². The van der Waals surface area contributed by atoms with E-state index in [9.17, 15) is 9.59 Å². The third-order valence-electron chi connectivity index (χ3n) is 1.54. The number of aliphatic hydroxyl groups excluding tert-OH is 1. The van der Waals surface area contributed by atoms with Gasteiger partial charge >= 0.3 is 5.97 Å². The van der Waals surface area contributed by atoms with E-state index in [0.717, 1.165) is 0 Å². The first kappa shape index (κ1) is 11.0. The second kappa shape index (κ2) is 5.00. The topological polar surface area (TPSA) is 141 Å². The van der Waals surface area contributed by atoms with Crippen LogP contribution in [0.1, 0.15) is 17.0 Å². The number of rotatable bonds is 5. The molecule has 15 heavy (non-hydrogen) atoms. The van der Waals surface area contributed by atoms with Gasteiger partial charge in [0.1, 0.15) is 0 Å². The molecular weight excluding hydrogens is 206 g/mol. The molecule has 9 heteroatoms. The number of tetrazole rings is 1. The molecule has 0 radical (unpaired) electrons. The number of carbonyl (C=O) groups excluding carboxylic acids is 1. The minimum atomic E-state index is -1.49. The summed E-state index contributed by atoms with van der Waals surface area (Å²) in [6, 6.07) is 0. The average Bonchev–Trinajstić information content (AvgIpc) is 2.70. The molecule has 0 aliphatic rings. The number of hydrogen-bond donors (Lipinski definition) is 4. The maximum absolute atomic E-state index is 11.1. The van der Waals surface area contributed by atoms with Gasteiger partial charge in [-0.3, -0.25) is 4.79 Å². The van der Waals surface area contributed by atoms with Crippen molar-refractivity contribution in [1.29, 1.82) is 0 Å². The van der Waals surface area contributed by atoms with Gasteiger partial charge in [0.15, 0.2) is 6.10 Å². The Bertz CT molecular complexity index is 337. The Kier molecular flexibility index (Phi) is 3.68. The van der Waals surface area contributed by atoms with Crippen LogP contribution in [-0.2, 0) is 4.79 Å². The Hall–Kier alpha value is -2.03. The summed E-state index contributed by atoms with van der Waals surface area (Å²) in [5, 5.41) is 31.6. The van der Waals surface area contributed by atoms with Gasteiger partial charge in [0.2, 0.25) is 0 Å². The number of aromatic nitrogens is 4. The highest BCUT2D eigenvalue weighted by molar-refractivity contribution is 5.90. The van der Waals surface area contributed by atoms with E-state index in [1.54, 1.807) is 0 Å². The number of nitrogens with one attached hydrogen (secondary N) is 2. The van der Waals surface area contributed by atoms with Crippen LogP contribution in [0, 0.1) is 0 Å². The standard InChI is InChI=1S/C6H9N5O4/c12-3(6(14)15)1-2-7-5(13)4-8-10-11-9-4/h3,12H,1-2H2,(H,7,13)(H,14,15)(H,8,9,10,11). The predicted molar refractivity (Wildman–Crippen MR) is 44.8 cm³/mol. The fourth-order valence-corrected chi connectivity index (χ4v) is 0.783. The number of carbonyl (C=O) groups is 2. The Balaban J connectivity index is 2.27. The lowest BCUT2D eigenvalue weighted by Crippen LogP contribution is -2.30. The number of carboxylic acids is 1. The molecule has 0 aliphatic heterocycles. The van der Waals surface area contributed by atoms with Crippen LogP contribution >= 0.6 is 0 Å². The maximum Gasteiger partial charge on any atom is 0.332 e. The zero-order chi connectivity index (χ0) is 11.3. The number of aliphatic carboxylic acids is 1. The molecule has 0 spiro atoms. The summed E-state index contributed by atoms with van der Waals surface area (Å²) < 4.78 is 0. The zero-order valence-corrected chi connectivity index (χ0v) is 7.54. The normalized spacial score (nSPS) is 12.1. The summed E-state index contributed by atoms with van der Waals surface area (Å²) in [5.41, 5.74) is 0. The van der Waals surface area contributed by atoms with E-state index in [-0.39, 0.29) is 18.8 Å². The lowest BCUT2D eigenvalue weighted by Gasteiger charge is -2.05. The average molecular weight is 215 g/mol. The lowest BCUT2D eigenvalue weighted by atomic mass is 10.2. The number of H-pyrrole nitrogens is 1. The van der Waals surface area contributed by atoms with E-state index >= 15 is 0 Å². The first-order chi connectivity index (χ1) is 7.11. The van der Waals surface area contributed by atoms with Crippen LogP contribution < -0.4 is 5.32 Å². The van der Waals surface area contributed by atoms with Gasteiger partial charge < -0.3 is 15.5 Å². The van der Waals surface area contributed by atoms with Crippen LogP contribution in [0.5, 0.6) is 0 Å². The number of carboxylic acid groups (broad SMARTS) is 1. The SMILES string of the molecule is O=C(NCCC(O)C(=O)O)c1nn[nH]n1. The Morgan fingerprint density at radius 2 is 2.27 bits per heavy atom. The Morgan fingerprint density at radius 1 is 1.53 bits per heavy atom. The molecule has 0 aliphatic carbocycles. The molecule has 1 atom stereocenters. The second-order valence-corrected chi connectivity index (χ2v) is 2.63. The Morgan fingerprint density at radius 3 is 2.80 bits per heavy atom. The van der Waals surface area contributed by atoms with Gasteiger partial charge in [-0.1, -0.05) is 0 Å². The molecule has 0 saturated carbocycles. The van der Waals surface area contributed by atoms with Crippen molar-refractivity contribution in [2.75, 3.05) is 6.54 Å². The summed E-state index contributed by atoms with van der Waals surface area (Å²) >= 11 is 0. The van der Waals surface area contributed by atoms with E-state index in [4.69, 9.17) is 10.2 Å². The molecule has 0 aromatic carbocycles. The number of amides is 1. The largest absolute Gasteiger partial charge is 0.479 e. The molecule has 1 unspecified atom stereocenters. The summed E-state index contributed by atoms with van der Waals surface area (Å²) in [4.78, 5) is 21.3. The molecule has 1 aromatic heterocycles. The third-order valence-corrected chi connectivity index (χ3v) is 1.54. The minimum Gasteiger partial charge on any atom is -0.479 e. The molecule has 1 heterocycles. The zero-order valence-electron chi connectivity index (χ0n) is 7.54. The predicted octanol–water partition coefficient (Wildman–Crippen LogP) is -2.23. The highest BCUT2D eigenvalue weighted by Gasteiger charge is 2.14. The molecule has 82 valence electrons. The van der Waals surface area contributed by atoms with Crippen LogP contribution in [0.15, 0.2) is 0 Å². The molecule has 0 bridgehead atoms. The fraction of sp³-hybridized carbons (Fsp3) is 0.500. The van der Waals surface area contributed by atoms with Crippen molar-refractivity contribution in [2.24, 2.45) is 0 Å². The van der Waals surface area contributed by atoms with Crippen molar-refractivity contribution in [3.63, 3.8) is 0 Å². The van der Waals surface area contributed by atoms with Crippen LogP contribution in [0.25, 0.3) is 0 Å². The monoisotopic (exact) mass is 215 g/mol. The summed E-state index contributed by atoms with van der Waals surface area (Å²) in [7, 11) is 0. The minimum absolute atomic E-state index is 0.0147. The number of aliphatic hydroxyl groups is 1. The highest BCUT2D eigenvalue weighted by atomic mass is 16.4. The first-order valence-corrected chi connectivity index (χ1v) is 4.03. The van der Waals surface area contributed by atoms with Crippen LogP contribution in [0.3, 0.4) is 0 Å². The molecule has 1 amide bonds. The maximum atomic E-state index is 11.1. The van der Waals surface area contributed by atoms with E-state index < -0.39 is 18.0 Å². The van der Waals surface area contributed by atoms with E-state index in [1.807, 2.05) is 0 Å². The van der Waals surface area contributed by atoms with E-state index in [1.165, 1.54) is 0 Å². The molecule has 4 N–H and O–H groups in total. The van der Waals surface area contributed by atoms with E-state index in [0.29, 0.717) is 0 Å². The number of hydrogen-bond acceptors (Lipinski definition) is 6. The van der Waals surface area contributed by atoms with Crippen molar-refractivity contribution in [2.45, 2.75) is 12.5 Å². The van der Waals surface area contributed by atoms with Crippen molar-refractivity contribution < 1.29 is 19.8 Å². The van der Waals surface area contributed by atoms with Crippen LogP contribution in [-0.4, -0.2) is 55.4 Å². The van der Waals surface area contributed by atoms with Gasteiger partial charge in [-0.05, 0) is 5.21 Å². The van der Waals surface area contributed by atoms with Crippen molar-refractivity contribution in [3.05, 3.63) is 5.82 Å². The lowest BCUT2D eigenvalue weighted by molar-refractivity contribution is -0.146. The van der Waals surface area contributed by atoms with Gasteiger partial charge in [0.05, 0.1) is 0 Å². The number of nitrogens with zero attached hydrogens (tertiary/aromatic N) is 3.